The van der Waals surface area contributed by atoms with E-state index < -0.39 is 0 Å². The molecule has 0 radical (unpaired) electrons. The predicted molar refractivity (Wildman–Crippen MR) is 77.3 cm³/mol. The van der Waals surface area contributed by atoms with E-state index in [9.17, 15) is 0 Å². The van der Waals surface area contributed by atoms with Gasteiger partial charge in [-0.2, -0.15) is 0 Å². The summed E-state index contributed by atoms with van der Waals surface area (Å²) in [6, 6.07) is 16.8. The quantitative estimate of drug-likeness (QED) is 0.895. The fourth-order valence-electron chi connectivity index (χ4n) is 1.51. The maximum Gasteiger partial charge on any atom is 0.0266 e. The number of rotatable bonds is 3. The van der Waals surface area contributed by atoms with E-state index in [0.717, 1.165) is 4.47 Å². The Morgan fingerprint density at radius 1 is 1.06 bits per heavy atom. The molecule has 1 unspecified atom stereocenters. The second-order valence-corrected chi connectivity index (χ2v) is 5.98. The van der Waals surface area contributed by atoms with E-state index in [2.05, 4.69) is 52.3 Å². The first-order valence-corrected chi connectivity index (χ1v) is 7.05. The molecule has 0 saturated carbocycles. The van der Waals surface area contributed by atoms with Gasteiger partial charge in [0.25, 0.3) is 0 Å². The normalized spacial score (nSPS) is 12.4. The van der Waals surface area contributed by atoms with Gasteiger partial charge in [0.1, 0.15) is 0 Å². The third-order valence-electron chi connectivity index (χ3n) is 2.44. The standard InChI is InChI=1S/C14H14BrNS/c1-10(16)11-5-7-13(8-6-11)17-14-4-2-3-12(15)9-14/h2-10H,16H2,1H3. The highest BCUT2D eigenvalue weighted by molar-refractivity contribution is 9.10. The number of hydrogen-bond donors (Lipinski definition) is 1. The van der Waals surface area contributed by atoms with Gasteiger partial charge in [-0.25, -0.2) is 0 Å². The van der Waals surface area contributed by atoms with Crippen molar-refractivity contribution < 1.29 is 0 Å². The van der Waals surface area contributed by atoms with Crippen LogP contribution in [0.15, 0.2) is 62.8 Å². The molecule has 88 valence electrons. The van der Waals surface area contributed by atoms with Crippen LogP contribution in [0.1, 0.15) is 18.5 Å². The average Bonchev–Trinajstić information content (AvgIpc) is 2.29. The fraction of sp³-hybridized carbons (Fsp3) is 0.143. The molecule has 0 fully saturated rings. The molecule has 3 heteroatoms. The van der Waals surface area contributed by atoms with Gasteiger partial charge in [0.05, 0.1) is 0 Å². The van der Waals surface area contributed by atoms with Gasteiger partial charge in [0, 0.05) is 20.3 Å². The Hall–Kier alpha value is -0.770. The molecule has 0 aromatic heterocycles. The molecule has 1 atom stereocenters. The van der Waals surface area contributed by atoms with Crippen LogP contribution in [0.4, 0.5) is 0 Å². The first-order chi connectivity index (χ1) is 8.15. The van der Waals surface area contributed by atoms with E-state index in [1.165, 1.54) is 15.4 Å². The number of halogens is 1. The molecular weight excluding hydrogens is 294 g/mol. The average molecular weight is 308 g/mol. The molecule has 0 aliphatic rings. The molecule has 1 nitrogen and oxygen atoms in total. The second-order valence-electron chi connectivity index (χ2n) is 3.92. The second kappa shape index (κ2) is 5.71. The van der Waals surface area contributed by atoms with Crippen molar-refractivity contribution in [3.05, 3.63) is 58.6 Å². The molecule has 2 rings (SSSR count). The summed E-state index contributed by atoms with van der Waals surface area (Å²) < 4.78 is 1.11. The van der Waals surface area contributed by atoms with E-state index in [-0.39, 0.29) is 6.04 Å². The van der Waals surface area contributed by atoms with Crippen LogP contribution in [0, 0.1) is 0 Å². The molecule has 17 heavy (non-hydrogen) atoms. The Balaban J connectivity index is 2.14. The lowest BCUT2D eigenvalue weighted by Crippen LogP contribution is -2.04. The summed E-state index contributed by atoms with van der Waals surface area (Å²) in [6.45, 7) is 2.00. The zero-order valence-electron chi connectivity index (χ0n) is 9.56. The molecule has 0 spiro atoms. The third-order valence-corrected chi connectivity index (χ3v) is 3.93. The van der Waals surface area contributed by atoms with E-state index in [1.807, 2.05) is 19.1 Å². The van der Waals surface area contributed by atoms with Crippen LogP contribution >= 0.6 is 27.7 Å². The lowest BCUT2D eigenvalue weighted by atomic mass is 10.1. The number of benzene rings is 2. The summed E-state index contributed by atoms with van der Waals surface area (Å²) in [5, 5.41) is 0. The van der Waals surface area contributed by atoms with Crippen LogP contribution in [0.3, 0.4) is 0 Å². The highest BCUT2D eigenvalue weighted by Crippen LogP contribution is 2.29. The topological polar surface area (TPSA) is 26.0 Å². The van der Waals surface area contributed by atoms with Gasteiger partial charge >= 0.3 is 0 Å². The first kappa shape index (κ1) is 12.7. The highest BCUT2D eigenvalue weighted by Gasteiger charge is 2.01. The van der Waals surface area contributed by atoms with Crippen LogP contribution in [0.5, 0.6) is 0 Å². The fourth-order valence-corrected chi connectivity index (χ4v) is 2.93. The van der Waals surface area contributed by atoms with E-state index in [4.69, 9.17) is 5.73 Å². The van der Waals surface area contributed by atoms with Crippen molar-refractivity contribution in [1.82, 2.24) is 0 Å². The van der Waals surface area contributed by atoms with Crippen molar-refractivity contribution >= 4 is 27.7 Å². The Morgan fingerprint density at radius 3 is 2.35 bits per heavy atom. The summed E-state index contributed by atoms with van der Waals surface area (Å²) in [4.78, 5) is 2.46. The molecular formula is C14H14BrNS. The third kappa shape index (κ3) is 3.60. The minimum absolute atomic E-state index is 0.0971. The number of nitrogens with two attached hydrogens (primary N) is 1. The van der Waals surface area contributed by atoms with Crippen molar-refractivity contribution in [2.45, 2.75) is 22.8 Å². The summed E-state index contributed by atoms with van der Waals surface area (Å²) in [5.41, 5.74) is 6.99. The van der Waals surface area contributed by atoms with E-state index in [0.29, 0.717) is 0 Å². The highest BCUT2D eigenvalue weighted by atomic mass is 79.9. The summed E-state index contributed by atoms with van der Waals surface area (Å²) >= 11 is 5.23. The molecule has 0 aliphatic carbocycles. The van der Waals surface area contributed by atoms with Gasteiger partial charge in [0.15, 0.2) is 0 Å². The van der Waals surface area contributed by atoms with Crippen molar-refractivity contribution in [2.24, 2.45) is 5.73 Å². The summed E-state index contributed by atoms with van der Waals surface area (Å²) in [6.07, 6.45) is 0. The van der Waals surface area contributed by atoms with Crippen LogP contribution < -0.4 is 5.73 Å². The Morgan fingerprint density at radius 2 is 1.76 bits per heavy atom. The van der Waals surface area contributed by atoms with Gasteiger partial charge in [-0.3, -0.25) is 0 Å². The summed E-state index contributed by atoms with van der Waals surface area (Å²) in [7, 11) is 0. The molecule has 0 bridgehead atoms. The van der Waals surface area contributed by atoms with Crippen LogP contribution in [0.25, 0.3) is 0 Å². The Labute approximate surface area is 115 Å². The van der Waals surface area contributed by atoms with E-state index in [1.54, 1.807) is 11.8 Å². The van der Waals surface area contributed by atoms with Gasteiger partial charge in [0.2, 0.25) is 0 Å². The smallest absolute Gasteiger partial charge is 0.0266 e. The molecule has 0 saturated heterocycles. The van der Waals surface area contributed by atoms with Crippen molar-refractivity contribution in [3.8, 4) is 0 Å². The Kier molecular flexibility index (Phi) is 4.26. The maximum atomic E-state index is 5.82. The zero-order valence-corrected chi connectivity index (χ0v) is 12.0. The number of hydrogen-bond acceptors (Lipinski definition) is 2. The van der Waals surface area contributed by atoms with Gasteiger partial charge in [-0.15, -0.1) is 0 Å². The molecule has 0 aliphatic heterocycles. The van der Waals surface area contributed by atoms with Crippen molar-refractivity contribution in [1.29, 1.82) is 0 Å². The van der Waals surface area contributed by atoms with Gasteiger partial charge in [-0.05, 0) is 42.8 Å². The SMILES string of the molecule is CC(N)c1ccc(Sc2cccc(Br)c2)cc1. The minimum atomic E-state index is 0.0971. The van der Waals surface area contributed by atoms with Gasteiger partial charge in [-0.1, -0.05) is 45.9 Å². The van der Waals surface area contributed by atoms with Crippen LogP contribution in [-0.2, 0) is 0 Å². The monoisotopic (exact) mass is 307 g/mol. The van der Waals surface area contributed by atoms with Crippen molar-refractivity contribution in [2.75, 3.05) is 0 Å². The Bertz CT molecular complexity index is 494. The summed E-state index contributed by atoms with van der Waals surface area (Å²) in [5.74, 6) is 0. The predicted octanol–water partition coefficient (Wildman–Crippen LogP) is 4.62. The maximum absolute atomic E-state index is 5.82. The molecule has 0 heterocycles. The minimum Gasteiger partial charge on any atom is -0.324 e. The van der Waals surface area contributed by atoms with Gasteiger partial charge < -0.3 is 5.73 Å². The van der Waals surface area contributed by atoms with E-state index >= 15 is 0 Å². The lowest BCUT2D eigenvalue weighted by molar-refractivity contribution is 0.817. The first-order valence-electron chi connectivity index (χ1n) is 5.44. The molecule has 2 aromatic rings. The zero-order chi connectivity index (χ0) is 12.3. The van der Waals surface area contributed by atoms with Crippen LogP contribution in [0.2, 0.25) is 0 Å². The lowest BCUT2D eigenvalue weighted by Gasteiger charge is -2.07. The van der Waals surface area contributed by atoms with Crippen LogP contribution in [-0.4, -0.2) is 0 Å². The largest absolute Gasteiger partial charge is 0.324 e. The molecule has 0 amide bonds. The molecule has 2 aromatic carbocycles. The van der Waals surface area contributed by atoms with Crippen molar-refractivity contribution in [3.63, 3.8) is 0 Å². The molecule has 2 N–H and O–H groups in total.